The van der Waals surface area contributed by atoms with E-state index in [-0.39, 0.29) is 52.8 Å². The van der Waals surface area contributed by atoms with Gasteiger partial charge in [-0.05, 0) is 106 Å². The molecule has 3 aliphatic heterocycles. The highest BCUT2D eigenvalue weighted by molar-refractivity contribution is 5.96. The van der Waals surface area contributed by atoms with E-state index < -0.39 is 29.3 Å². The van der Waals surface area contributed by atoms with Crippen LogP contribution in [0.5, 0.6) is 17.2 Å². The molecule has 0 spiro atoms. The predicted octanol–water partition coefficient (Wildman–Crippen LogP) is 12.4. The zero-order valence-electron chi connectivity index (χ0n) is 55.4. The molecule has 27 heteroatoms. The largest absolute Gasteiger partial charge is 0.493 e. The Labute approximate surface area is 563 Å². The van der Waals surface area contributed by atoms with Crippen molar-refractivity contribution in [1.29, 1.82) is 0 Å². The first kappa shape index (κ1) is 66.0. The van der Waals surface area contributed by atoms with Gasteiger partial charge in [0, 0.05) is 165 Å². The Morgan fingerprint density at radius 1 is 0.455 bits per heavy atom. The molecule has 0 unspecified atom stereocenters. The maximum atomic E-state index is 15.1. The molecule has 3 N–H and O–H groups in total. The maximum Gasteiger partial charge on any atom is 0.256 e. The Bertz CT molecular complexity index is 5040. The fourth-order valence-corrected chi connectivity index (χ4v) is 12.4. The number of anilines is 3. The molecular formula is C72H66F6N16O5. The summed E-state index contributed by atoms with van der Waals surface area (Å²) in [5.74, 6) is -1.35. The molecule has 0 aliphatic carbocycles. The summed E-state index contributed by atoms with van der Waals surface area (Å²) in [6, 6.07) is 16.6. The lowest BCUT2D eigenvalue weighted by Gasteiger charge is -2.15. The van der Waals surface area contributed by atoms with Crippen LogP contribution in [0.4, 0.5) is 44.2 Å². The third-order valence-electron chi connectivity index (χ3n) is 17.3. The summed E-state index contributed by atoms with van der Waals surface area (Å²) in [5.41, 5.74) is 12.5. The van der Waals surface area contributed by atoms with E-state index in [4.69, 9.17) is 14.2 Å². The van der Waals surface area contributed by atoms with Gasteiger partial charge in [0.05, 0.1) is 59.9 Å². The molecule has 10 heterocycles. The number of carbonyl (C=O) groups is 2. The van der Waals surface area contributed by atoms with Gasteiger partial charge in [0.15, 0.2) is 11.6 Å². The van der Waals surface area contributed by atoms with Crippen molar-refractivity contribution in [3.05, 3.63) is 218 Å². The first-order chi connectivity index (χ1) is 47.6. The number of rotatable bonds is 14. The van der Waals surface area contributed by atoms with Gasteiger partial charge in [-0.3, -0.25) is 22.8 Å². The minimum absolute atomic E-state index is 0.0134. The molecule has 21 nitrogen and oxygen atoms in total. The summed E-state index contributed by atoms with van der Waals surface area (Å²) in [5, 5.41) is 17.7. The number of aromatic nitrogens is 11. The number of nitrogens with one attached hydrogen (secondary N) is 3. The third-order valence-corrected chi connectivity index (χ3v) is 17.3. The second kappa shape index (κ2) is 27.1. The molecule has 0 radical (unpaired) electrons. The van der Waals surface area contributed by atoms with Gasteiger partial charge in [-0.1, -0.05) is 6.07 Å². The van der Waals surface area contributed by atoms with Gasteiger partial charge in [-0.25, -0.2) is 56.2 Å². The van der Waals surface area contributed by atoms with E-state index in [1.807, 2.05) is 50.6 Å². The second-order valence-electron chi connectivity index (χ2n) is 24.5. The van der Waals surface area contributed by atoms with Crippen LogP contribution in [0, 0.1) is 69.5 Å². The fourth-order valence-electron chi connectivity index (χ4n) is 12.4. The molecule has 99 heavy (non-hydrogen) atoms. The lowest BCUT2D eigenvalue weighted by atomic mass is 9.99. The Morgan fingerprint density at radius 2 is 0.869 bits per heavy atom. The predicted molar refractivity (Wildman–Crippen MR) is 359 cm³/mol. The monoisotopic (exact) mass is 1350 g/mol. The van der Waals surface area contributed by atoms with E-state index in [0.29, 0.717) is 120 Å². The van der Waals surface area contributed by atoms with E-state index in [2.05, 4.69) is 56.1 Å². The van der Waals surface area contributed by atoms with E-state index in [1.54, 1.807) is 78.9 Å². The number of benzene rings is 5. The van der Waals surface area contributed by atoms with Crippen molar-refractivity contribution in [3.63, 3.8) is 0 Å². The van der Waals surface area contributed by atoms with E-state index in [1.165, 1.54) is 66.5 Å². The van der Waals surface area contributed by atoms with Gasteiger partial charge in [0.2, 0.25) is 17.8 Å². The molecule has 15 rings (SSSR count). The first-order valence-electron chi connectivity index (χ1n) is 31.7. The highest BCUT2D eigenvalue weighted by Crippen LogP contribution is 2.37. The normalized spacial score (nSPS) is 12.6. The van der Waals surface area contributed by atoms with Crippen LogP contribution in [0.3, 0.4) is 0 Å². The summed E-state index contributed by atoms with van der Waals surface area (Å²) in [6.07, 6.45) is 13.9. The number of fused-ring (bicyclic) bond motifs is 6. The SMILES string of the molecule is Cc1cc(-c2cnc(NCc3c(F)ccc4c3CCO4)n3cc(C)nc23)cnn1.Cc1cn2c(NCc3c(F)ccc4c3CCO4)ncc(-c3cc(F)c(C(=O)N(C)C)cc3C)c2n1.Cc1cn2c(NCc3c(F)ccc4c3CCO4)ncc(-c3ccc(C(=O)N(C)C)c(F)c3F)c2n1. The summed E-state index contributed by atoms with van der Waals surface area (Å²) >= 11 is 0. The van der Waals surface area contributed by atoms with Crippen molar-refractivity contribution in [3.8, 4) is 50.6 Å². The molecule has 7 aromatic heterocycles. The smallest absolute Gasteiger partial charge is 0.256 e. The van der Waals surface area contributed by atoms with E-state index in [9.17, 15) is 31.5 Å². The molecule has 3 aliphatic rings. The third kappa shape index (κ3) is 12.9. The van der Waals surface area contributed by atoms with Crippen molar-refractivity contribution < 1.29 is 50.1 Å². The fraction of sp³-hybridized carbons (Fsp3) is 0.250. The summed E-state index contributed by atoms with van der Waals surface area (Å²) in [7, 11) is 6.09. The Morgan fingerprint density at radius 3 is 1.30 bits per heavy atom. The second-order valence-corrected chi connectivity index (χ2v) is 24.5. The molecule has 0 saturated heterocycles. The summed E-state index contributed by atoms with van der Waals surface area (Å²) in [4.78, 5) is 54.2. The zero-order valence-corrected chi connectivity index (χ0v) is 55.4. The average molecular weight is 1350 g/mol. The van der Waals surface area contributed by atoms with Gasteiger partial charge in [0.1, 0.15) is 57.5 Å². The topological polar surface area (TPSA) is 221 Å². The molecule has 0 bridgehead atoms. The number of carbonyl (C=O) groups excluding carboxylic acids is 2. The van der Waals surface area contributed by atoms with Crippen LogP contribution in [0.15, 0.2) is 110 Å². The number of imidazole rings is 3. The standard InChI is InChI=1S/C26H25F2N5O2.C25H22F3N5O2.C21H19FN6O/c1-14-9-18(25(34)32(3)4)22(28)10-17(14)20-12-30-26(33-13-15(2)31-24(20)33)29-11-19-16-7-8-35-23(16)6-5-21(19)27;1-13-12-33-23(31-13)18(15-4-5-16(22(28)21(15)27)24(34)32(2)3)11-30-25(33)29-10-17-14-8-9-35-20(14)7-6-19(17)26;1-12-7-14(8-25-27-12)16-9-23-21(28-11-13(2)26-20(16)28)24-10-17-15-5-6-29-19(15)4-3-18(17)22/h5-6,9-10,12-13H,7-8,11H2,1-4H3,(H,29,30);4-7,11-12H,8-10H2,1-3H3,(H,29,30);3-4,7-9,11H,5-6,10H2,1-2H3,(H,23,24). The van der Waals surface area contributed by atoms with Crippen LogP contribution in [-0.2, 0) is 38.9 Å². The number of halogens is 6. The van der Waals surface area contributed by atoms with Crippen LogP contribution in [-0.4, -0.2) is 123 Å². The minimum atomic E-state index is -1.24. The van der Waals surface area contributed by atoms with Crippen molar-refractivity contribution in [2.24, 2.45) is 0 Å². The van der Waals surface area contributed by atoms with Crippen molar-refractivity contribution >= 4 is 46.6 Å². The van der Waals surface area contributed by atoms with Crippen molar-refractivity contribution in [2.45, 2.75) is 73.5 Å². The lowest BCUT2D eigenvalue weighted by molar-refractivity contribution is 0.0815. The number of aryl methyl sites for hydroxylation is 5. The van der Waals surface area contributed by atoms with E-state index in [0.717, 1.165) is 61.9 Å². The number of ether oxygens (including phenoxy) is 3. The molecule has 0 fully saturated rings. The molecule has 0 atom stereocenters. The van der Waals surface area contributed by atoms with Crippen LogP contribution in [0.25, 0.3) is 50.3 Å². The van der Waals surface area contributed by atoms with Gasteiger partial charge >= 0.3 is 0 Å². The van der Waals surface area contributed by atoms with Gasteiger partial charge in [-0.15, -0.1) is 0 Å². The van der Waals surface area contributed by atoms with Crippen LogP contribution in [0.1, 0.15) is 82.4 Å². The number of amides is 2. The lowest BCUT2D eigenvalue weighted by Crippen LogP contribution is -2.23. The number of hydrogen-bond acceptors (Lipinski definition) is 16. The number of hydrogen-bond donors (Lipinski definition) is 3. The quantitative estimate of drug-likeness (QED) is 0.0862. The van der Waals surface area contributed by atoms with Crippen LogP contribution < -0.4 is 30.2 Å². The molecule has 5 aromatic carbocycles. The van der Waals surface area contributed by atoms with Gasteiger partial charge in [0.25, 0.3) is 11.8 Å². The molecule has 506 valence electrons. The van der Waals surface area contributed by atoms with Crippen LogP contribution >= 0.6 is 0 Å². The molecule has 0 saturated carbocycles. The highest BCUT2D eigenvalue weighted by Gasteiger charge is 2.27. The molecular weight excluding hydrogens is 1280 g/mol. The Kier molecular flexibility index (Phi) is 18.1. The summed E-state index contributed by atoms with van der Waals surface area (Å²) < 4.78 is 110. The average Bonchev–Trinajstić information content (AvgIpc) is 1.75. The molecule has 12 aromatic rings. The molecule has 2 amide bonds. The van der Waals surface area contributed by atoms with E-state index >= 15 is 4.39 Å². The minimum Gasteiger partial charge on any atom is -0.493 e. The van der Waals surface area contributed by atoms with Gasteiger partial charge in [-0.2, -0.15) is 10.2 Å². The zero-order chi connectivity index (χ0) is 69.7. The summed E-state index contributed by atoms with van der Waals surface area (Å²) in [6.45, 7) is 11.6. The van der Waals surface area contributed by atoms with Crippen molar-refractivity contribution in [2.75, 3.05) is 64.0 Å². The van der Waals surface area contributed by atoms with Gasteiger partial charge < -0.3 is 40.0 Å². The van der Waals surface area contributed by atoms with Crippen molar-refractivity contribution in [1.82, 2.24) is 63.1 Å². The first-order valence-corrected chi connectivity index (χ1v) is 31.7. The Hall–Kier alpha value is -11.6. The highest BCUT2D eigenvalue weighted by atomic mass is 19.2. The Balaban J connectivity index is 0.000000134. The number of nitrogens with zero attached hydrogens (tertiary/aromatic N) is 13. The maximum absolute atomic E-state index is 15.1. The van der Waals surface area contributed by atoms with Crippen LogP contribution in [0.2, 0.25) is 0 Å².